The molecule has 5 nitrogen and oxygen atoms in total. The lowest BCUT2D eigenvalue weighted by molar-refractivity contribution is 0.448. The van der Waals surface area contributed by atoms with Crippen molar-refractivity contribution in [2.75, 3.05) is 0 Å². The fourth-order valence-electron chi connectivity index (χ4n) is 1.32. The van der Waals surface area contributed by atoms with Gasteiger partial charge in [0.25, 0.3) is 5.88 Å². The van der Waals surface area contributed by atoms with E-state index in [0.29, 0.717) is 12.3 Å². The van der Waals surface area contributed by atoms with Gasteiger partial charge in [-0.15, -0.1) is 0 Å². The molecular formula is C11H10BrN3O2. The van der Waals surface area contributed by atoms with Crippen LogP contribution >= 0.6 is 15.9 Å². The Morgan fingerprint density at radius 1 is 1.47 bits per heavy atom. The minimum Gasteiger partial charge on any atom is -0.434 e. The van der Waals surface area contributed by atoms with Gasteiger partial charge in [0.1, 0.15) is 5.75 Å². The van der Waals surface area contributed by atoms with Gasteiger partial charge in [-0.3, -0.25) is 4.79 Å². The zero-order valence-corrected chi connectivity index (χ0v) is 10.4. The third-order valence-corrected chi connectivity index (χ3v) is 2.62. The van der Waals surface area contributed by atoms with E-state index in [1.54, 1.807) is 6.07 Å². The summed E-state index contributed by atoms with van der Waals surface area (Å²) in [6.07, 6.45) is 2.90. The smallest absolute Gasteiger partial charge is 0.311 e. The Morgan fingerprint density at radius 2 is 2.29 bits per heavy atom. The Balaban J connectivity index is 2.36. The number of nitrogens with zero attached hydrogens (tertiary/aromatic N) is 1. The van der Waals surface area contributed by atoms with Gasteiger partial charge in [0.15, 0.2) is 0 Å². The highest BCUT2D eigenvalue weighted by atomic mass is 79.9. The third-order valence-electron chi connectivity index (χ3n) is 2.12. The molecule has 0 saturated carbocycles. The van der Waals surface area contributed by atoms with Gasteiger partial charge in [-0.1, -0.05) is 15.9 Å². The molecule has 0 aliphatic rings. The number of aromatic nitrogens is 2. The first kappa shape index (κ1) is 11.8. The first-order chi connectivity index (χ1) is 8.20. The molecule has 0 amide bonds. The number of halogens is 1. The van der Waals surface area contributed by atoms with Crippen LogP contribution in [0.3, 0.4) is 0 Å². The highest BCUT2D eigenvalue weighted by molar-refractivity contribution is 9.10. The number of hydrogen-bond donors (Lipinski definition) is 2. The number of hydrogen-bond acceptors (Lipinski definition) is 4. The third kappa shape index (κ3) is 2.72. The monoisotopic (exact) mass is 295 g/mol. The van der Waals surface area contributed by atoms with Crippen LogP contribution < -0.4 is 16.0 Å². The van der Waals surface area contributed by atoms with E-state index in [0.717, 1.165) is 10.0 Å². The second-order valence-corrected chi connectivity index (χ2v) is 4.20. The molecule has 0 saturated heterocycles. The van der Waals surface area contributed by atoms with Gasteiger partial charge < -0.3 is 15.5 Å². The summed E-state index contributed by atoms with van der Waals surface area (Å²) in [6.45, 7) is 0.319. The molecule has 2 rings (SSSR count). The average molecular weight is 296 g/mol. The molecule has 0 fully saturated rings. The summed E-state index contributed by atoms with van der Waals surface area (Å²) in [6, 6.07) is 5.39. The zero-order chi connectivity index (χ0) is 12.3. The molecule has 0 spiro atoms. The topological polar surface area (TPSA) is 81.0 Å². The maximum Gasteiger partial charge on any atom is 0.311 e. The van der Waals surface area contributed by atoms with E-state index in [9.17, 15) is 4.79 Å². The maximum absolute atomic E-state index is 11.4. The minimum atomic E-state index is -0.376. The van der Waals surface area contributed by atoms with Crippen LogP contribution in [0.4, 0.5) is 0 Å². The van der Waals surface area contributed by atoms with Crippen molar-refractivity contribution in [1.82, 2.24) is 9.97 Å². The van der Waals surface area contributed by atoms with E-state index in [-0.39, 0.29) is 11.4 Å². The molecule has 0 aliphatic heterocycles. The average Bonchev–Trinajstić information content (AvgIpc) is 2.34. The zero-order valence-electron chi connectivity index (χ0n) is 8.81. The van der Waals surface area contributed by atoms with E-state index in [1.165, 1.54) is 12.4 Å². The Hall–Kier alpha value is -1.66. The fourth-order valence-corrected chi connectivity index (χ4v) is 1.73. The molecule has 1 heterocycles. The molecule has 0 unspecified atom stereocenters. The Morgan fingerprint density at radius 3 is 3.00 bits per heavy atom. The summed E-state index contributed by atoms with van der Waals surface area (Å²) in [4.78, 5) is 17.7. The predicted molar refractivity (Wildman–Crippen MR) is 67.0 cm³/mol. The van der Waals surface area contributed by atoms with Crippen LogP contribution in [0.1, 0.15) is 5.56 Å². The summed E-state index contributed by atoms with van der Waals surface area (Å²) in [5, 5.41) is 0. The molecule has 1 aromatic heterocycles. The predicted octanol–water partition coefficient (Wildman–Crippen LogP) is 1.78. The Kier molecular flexibility index (Phi) is 3.55. The SMILES string of the molecule is NCc1cc(Br)ccc1Oc1ncc[nH]c1=O. The molecule has 0 radical (unpaired) electrons. The molecule has 2 aromatic rings. The summed E-state index contributed by atoms with van der Waals surface area (Å²) >= 11 is 3.34. The van der Waals surface area contributed by atoms with Crippen molar-refractivity contribution in [3.63, 3.8) is 0 Å². The fraction of sp³-hybridized carbons (Fsp3) is 0.0909. The second kappa shape index (κ2) is 5.11. The van der Waals surface area contributed by atoms with Gasteiger partial charge in [-0.05, 0) is 18.2 Å². The van der Waals surface area contributed by atoms with Crippen molar-refractivity contribution < 1.29 is 4.74 Å². The highest BCUT2D eigenvalue weighted by Gasteiger charge is 2.07. The van der Waals surface area contributed by atoms with Crippen LogP contribution in [0.5, 0.6) is 11.6 Å². The van der Waals surface area contributed by atoms with Crippen LogP contribution in [0.2, 0.25) is 0 Å². The first-order valence-electron chi connectivity index (χ1n) is 4.91. The number of H-pyrrole nitrogens is 1. The standard InChI is InChI=1S/C11H10BrN3O2/c12-8-1-2-9(7(5-8)6-13)17-11-10(16)14-3-4-15-11/h1-5H,6,13H2,(H,14,16). The van der Waals surface area contributed by atoms with Gasteiger partial charge in [0.05, 0.1) is 0 Å². The normalized spacial score (nSPS) is 10.2. The summed E-state index contributed by atoms with van der Waals surface area (Å²) in [5.41, 5.74) is 6.02. The van der Waals surface area contributed by atoms with Crippen molar-refractivity contribution in [3.05, 3.63) is 51.0 Å². The first-order valence-corrected chi connectivity index (χ1v) is 5.70. The number of nitrogens with two attached hydrogens (primary N) is 1. The molecular weight excluding hydrogens is 286 g/mol. The van der Waals surface area contributed by atoms with E-state index in [4.69, 9.17) is 10.5 Å². The summed E-state index contributed by atoms with van der Waals surface area (Å²) in [5.74, 6) is 0.532. The van der Waals surface area contributed by atoms with Crippen LogP contribution in [-0.2, 0) is 6.54 Å². The maximum atomic E-state index is 11.4. The largest absolute Gasteiger partial charge is 0.434 e. The molecule has 1 aromatic carbocycles. The molecule has 3 N–H and O–H groups in total. The number of nitrogens with one attached hydrogen (secondary N) is 1. The van der Waals surface area contributed by atoms with Gasteiger partial charge in [-0.2, -0.15) is 0 Å². The number of aromatic amines is 1. The van der Waals surface area contributed by atoms with Crippen LogP contribution in [0.25, 0.3) is 0 Å². The lowest BCUT2D eigenvalue weighted by atomic mass is 10.2. The molecule has 17 heavy (non-hydrogen) atoms. The van der Waals surface area contributed by atoms with E-state index >= 15 is 0 Å². The van der Waals surface area contributed by atoms with E-state index in [2.05, 4.69) is 25.9 Å². The highest BCUT2D eigenvalue weighted by Crippen LogP contribution is 2.25. The van der Waals surface area contributed by atoms with Crippen LogP contribution in [-0.4, -0.2) is 9.97 Å². The van der Waals surface area contributed by atoms with Crippen molar-refractivity contribution in [2.24, 2.45) is 5.73 Å². The van der Waals surface area contributed by atoms with Crippen LogP contribution in [0, 0.1) is 0 Å². The Bertz CT molecular complexity index is 583. The number of ether oxygens (including phenoxy) is 1. The van der Waals surface area contributed by atoms with E-state index < -0.39 is 0 Å². The molecule has 0 bridgehead atoms. The molecule has 0 aliphatic carbocycles. The van der Waals surface area contributed by atoms with Gasteiger partial charge in [-0.25, -0.2) is 4.98 Å². The van der Waals surface area contributed by atoms with Crippen molar-refractivity contribution in [2.45, 2.75) is 6.54 Å². The van der Waals surface area contributed by atoms with Gasteiger partial charge in [0, 0.05) is 29.0 Å². The number of rotatable bonds is 3. The lowest BCUT2D eigenvalue weighted by Gasteiger charge is -2.08. The molecule has 0 atom stereocenters. The molecule has 6 heteroatoms. The summed E-state index contributed by atoms with van der Waals surface area (Å²) < 4.78 is 6.33. The summed E-state index contributed by atoms with van der Waals surface area (Å²) in [7, 11) is 0. The van der Waals surface area contributed by atoms with Crippen molar-refractivity contribution in [3.8, 4) is 11.6 Å². The van der Waals surface area contributed by atoms with Crippen molar-refractivity contribution >= 4 is 15.9 Å². The van der Waals surface area contributed by atoms with Crippen molar-refractivity contribution in [1.29, 1.82) is 0 Å². The van der Waals surface area contributed by atoms with E-state index in [1.807, 2.05) is 12.1 Å². The van der Waals surface area contributed by atoms with Crippen LogP contribution in [0.15, 0.2) is 39.9 Å². The second-order valence-electron chi connectivity index (χ2n) is 3.28. The lowest BCUT2D eigenvalue weighted by Crippen LogP contribution is -2.10. The molecule has 88 valence electrons. The number of benzene rings is 1. The van der Waals surface area contributed by atoms with Gasteiger partial charge >= 0.3 is 5.56 Å². The van der Waals surface area contributed by atoms with Gasteiger partial charge in [0.2, 0.25) is 0 Å². The Labute approximate surface area is 106 Å². The minimum absolute atomic E-state index is 0.00419. The quantitative estimate of drug-likeness (QED) is 0.904.